The molecule has 0 bridgehead atoms. The number of alkyl halides is 3. The predicted molar refractivity (Wildman–Crippen MR) is 141 cm³/mol. The van der Waals surface area contributed by atoms with Gasteiger partial charge in [-0.05, 0) is 50.6 Å². The first-order chi connectivity index (χ1) is 18.9. The van der Waals surface area contributed by atoms with Gasteiger partial charge in [-0.2, -0.15) is 13.2 Å². The van der Waals surface area contributed by atoms with Gasteiger partial charge in [0.15, 0.2) is 9.84 Å². The molecule has 0 amide bonds. The summed E-state index contributed by atoms with van der Waals surface area (Å²) in [5, 5.41) is 2.96. The van der Waals surface area contributed by atoms with Gasteiger partial charge in [-0.15, -0.1) is 0 Å². The molecule has 40 heavy (non-hydrogen) atoms. The van der Waals surface area contributed by atoms with Gasteiger partial charge >= 0.3 is 12.3 Å². The number of fused-ring (bicyclic) bond motifs is 1. The van der Waals surface area contributed by atoms with Crippen LogP contribution >= 0.6 is 0 Å². The number of carbonyl (C=O) groups is 1. The van der Waals surface area contributed by atoms with E-state index in [0.29, 0.717) is 0 Å². The highest BCUT2D eigenvalue weighted by Crippen LogP contribution is 2.49. The van der Waals surface area contributed by atoms with Crippen molar-refractivity contribution in [3.05, 3.63) is 95.0 Å². The number of halogens is 3. The second-order valence-electron chi connectivity index (χ2n) is 9.09. The zero-order valence-electron chi connectivity index (χ0n) is 21.9. The van der Waals surface area contributed by atoms with Gasteiger partial charge in [-0.25, -0.2) is 18.2 Å². The fraction of sp³-hybridized carbons (Fsp3) is 0.286. The van der Waals surface area contributed by atoms with Gasteiger partial charge in [-0.1, -0.05) is 36.4 Å². The van der Waals surface area contributed by atoms with Crippen LogP contribution in [0.3, 0.4) is 0 Å². The van der Waals surface area contributed by atoms with Crippen LogP contribution in [0.4, 0.5) is 23.7 Å². The number of nitrogens with zero attached hydrogens (tertiary/aromatic N) is 1. The third-order valence-corrected chi connectivity index (χ3v) is 7.56. The van der Waals surface area contributed by atoms with E-state index in [9.17, 15) is 26.4 Å². The Balaban J connectivity index is 2.02. The topological polar surface area (TPSA) is 104 Å². The maximum atomic E-state index is 14.3. The zero-order chi connectivity index (χ0) is 29.1. The van der Waals surface area contributed by atoms with Crippen molar-refractivity contribution in [2.24, 2.45) is 0 Å². The molecule has 0 aliphatic carbocycles. The normalized spacial score (nSPS) is 15.3. The Morgan fingerprint density at radius 3 is 2.38 bits per heavy atom. The van der Waals surface area contributed by atoms with E-state index in [1.165, 1.54) is 49.5 Å². The SMILES string of the molecule is CCOC(=O)OC1=C(CS(=O)(=O)c2ccccc2)Nc2ccnc(OC(C)C)c2C1c1ccccc1C(F)(F)F. The number of nitrogens with one attached hydrogen (secondary N) is 1. The molecule has 0 radical (unpaired) electrons. The zero-order valence-corrected chi connectivity index (χ0v) is 22.7. The van der Waals surface area contributed by atoms with Crippen LogP contribution < -0.4 is 10.1 Å². The molecule has 8 nitrogen and oxygen atoms in total. The molecule has 3 aromatic rings. The molecule has 2 heterocycles. The summed E-state index contributed by atoms with van der Waals surface area (Å²) in [6.45, 7) is 4.89. The third kappa shape index (κ3) is 6.22. The monoisotopic (exact) mass is 576 g/mol. The number of carbonyl (C=O) groups excluding carboxylic acids is 1. The average Bonchev–Trinajstić information content (AvgIpc) is 2.89. The molecule has 0 spiro atoms. The molecule has 1 atom stereocenters. The Labute approximate surface area is 229 Å². The fourth-order valence-corrected chi connectivity index (χ4v) is 5.69. The van der Waals surface area contributed by atoms with Gasteiger partial charge in [0, 0.05) is 11.9 Å². The molecule has 1 unspecified atom stereocenters. The third-order valence-electron chi connectivity index (χ3n) is 5.90. The number of benzene rings is 2. The first kappa shape index (κ1) is 28.9. The van der Waals surface area contributed by atoms with Crippen LogP contribution in [0.25, 0.3) is 0 Å². The second kappa shape index (κ2) is 11.6. The van der Waals surface area contributed by atoms with Crippen LogP contribution in [0.5, 0.6) is 5.88 Å². The minimum absolute atomic E-state index is 0.00287. The van der Waals surface area contributed by atoms with Crippen molar-refractivity contribution in [3.63, 3.8) is 0 Å². The summed E-state index contributed by atoms with van der Waals surface area (Å²) in [4.78, 5) is 16.8. The summed E-state index contributed by atoms with van der Waals surface area (Å²) < 4.78 is 85.9. The Morgan fingerprint density at radius 2 is 1.73 bits per heavy atom. The maximum absolute atomic E-state index is 14.3. The standard InChI is InChI=1S/C28H27F3N2O6S/c1-4-37-27(34)39-25-22(16-40(35,36)18-10-6-5-7-11-18)33-21-14-15-32-26(38-17(2)3)24(21)23(25)19-12-8-9-13-20(19)28(29,30)31/h5-15,17,23,33H,4,16H2,1-3H3. The smallest absolute Gasteiger partial charge is 0.475 e. The van der Waals surface area contributed by atoms with E-state index in [1.54, 1.807) is 32.0 Å². The van der Waals surface area contributed by atoms with Crippen LogP contribution in [0.2, 0.25) is 0 Å². The summed E-state index contributed by atoms with van der Waals surface area (Å²) in [6.07, 6.45) is -5.01. The number of anilines is 1. The van der Waals surface area contributed by atoms with E-state index in [-0.39, 0.29) is 45.7 Å². The van der Waals surface area contributed by atoms with Crippen molar-refractivity contribution in [3.8, 4) is 5.88 Å². The first-order valence-corrected chi connectivity index (χ1v) is 14.0. The molecule has 212 valence electrons. The Kier molecular flexibility index (Phi) is 8.38. The number of allylic oxidation sites excluding steroid dienone is 1. The van der Waals surface area contributed by atoms with Gasteiger partial charge in [0.05, 0.1) is 46.1 Å². The molecule has 12 heteroatoms. The van der Waals surface area contributed by atoms with Crippen LogP contribution in [0, 0.1) is 0 Å². The van der Waals surface area contributed by atoms with Crippen LogP contribution in [0.15, 0.2) is 83.2 Å². The summed E-state index contributed by atoms with van der Waals surface area (Å²) in [5.41, 5.74) is -1.01. The van der Waals surface area contributed by atoms with Crippen molar-refractivity contribution >= 4 is 21.7 Å². The van der Waals surface area contributed by atoms with Gasteiger partial charge in [0.1, 0.15) is 5.76 Å². The van der Waals surface area contributed by atoms with E-state index in [4.69, 9.17) is 14.2 Å². The quantitative estimate of drug-likeness (QED) is 0.312. The molecule has 4 rings (SSSR count). The first-order valence-electron chi connectivity index (χ1n) is 12.4. The highest BCUT2D eigenvalue weighted by atomic mass is 32.2. The van der Waals surface area contributed by atoms with Crippen LogP contribution in [0.1, 0.15) is 43.4 Å². The summed E-state index contributed by atoms with van der Waals surface area (Å²) >= 11 is 0. The van der Waals surface area contributed by atoms with E-state index in [0.717, 1.165) is 6.07 Å². The number of aromatic nitrogens is 1. The van der Waals surface area contributed by atoms with Gasteiger partial charge < -0.3 is 19.5 Å². The van der Waals surface area contributed by atoms with Gasteiger partial charge in [0.2, 0.25) is 5.88 Å². The number of ether oxygens (including phenoxy) is 3. The molecular formula is C28H27F3N2O6S. The molecule has 0 saturated carbocycles. The Hall–Kier alpha value is -4.06. The second-order valence-corrected chi connectivity index (χ2v) is 11.1. The summed E-state index contributed by atoms with van der Waals surface area (Å²) in [6, 6.07) is 13.8. The largest absolute Gasteiger partial charge is 0.513 e. The van der Waals surface area contributed by atoms with Crippen molar-refractivity contribution in [2.75, 3.05) is 17.7 Å². The Morgan fingerprint density at radius 1 is 1.05 bits per heavy atom. The number of hydrogen-bond donors (Lipinski definition) is 1. The van der Waals surface area contributed by atoms with Crippen LogP contribution in [-0.4, -0.2) is 38.0 Å². The lowest BCUT2D eigenvalue weighted by Gasteiger charge is -2.33. The van der Waals surface area contributed by atoms with E-state index >= 15 is 0 Å². The van der Waals surface area contributed by atoms with Crippen molar-refractivity contribution in [2.45, 2.75) is 43.9 Å². The molecule has 1 aliphatic heterocycles. The van der Waals surface area contributed by atoms with Gasteiger partial charge in [-0.3, -0.25) is 0 Å². The lowest BCUT2D eigenvalue weighted by molar-refractivity contribution is -0.138. The van der Waals surface area contributed by atoms with Crippen molar-refractivity contribution in [1.29, 1.82) is 0 Å². The predicted octanol–water partition coefficient (Wildman–Crippen LogP) is 6.30. The van der Waals surface area contributed by atoms with E-state index in [2.05, 4.69) is 10.3 Å². The van der Waals surface area contributed by atoms with Gasteiger partial charge in [0.25, 0.3) is 0 Å². The molecule has 1 aromatic heterocycles. The summed E-state index contributed by atoms with van der Waals surface area (Å²) in [5.74, 6) is -2.51. The molecule has 1 N–H and O–H groups in total. The number of sulfone groups is 1. The number of rotatable bonds is 8. The molecule has 1 aliphatic rings. The average molecular weight is 577 g/mol. The van der Waals surface area contributed by atoms with E-state index in [1.807, 2.05) is 0 Å². The van der Waals surface area contributed by atoms with Crippen molar-refractivity contribution in [1.82, 2.24) is 4.98 Å². The highest BCUT2D eigenvalue weighted by Gasteiger charge is 2.42. The number of pyridine rings is 1. The van der Waals surface area contributed by atoms with Crippen molar-refractivity contribution < 1.29 is 40.6 Å². The lowest BCUT2D eigenvalue weighted by Crippen LogP contribution is -2.29. The Bertz CT molecular complexity index is 1520. The molecule has 0 saturated heterocycles. The lowest BCUT2D eigenvalue weighted by atomic mass is 9.83. The van der Waals surface area contributed by atoms with E-state index < -0.39 is 45.5 Å². The number of hydrogen-bond acceptors (Lipinski definition) is 8. The molecular weight excluding hydrogens is 549 g/mol. The summed E-state index contributed by atoms with van der Waals surface area (Å²) in [7, 11) is -4.04. The minimum Gasteiger partial charge on any atom is -0.475 e. The fourth-order valence-electron chi connectivity index (χ4n) is 4.36. The highest BCUT2D eigenvalue weighted by molar-refractivity contribution is 7.91. The minimum atomic E-state index is -4.78. The van der Waals surface area contributed by atoms with Crippen LogP contribution in [-0.2, 0) is 25.5 Å². The molecule has 0 fully saturated rings. The maximum Gasteiger partial charge on any atom is 0.513 e. The molecule has 2 aromatic carbocycles.